The molecule has 0 aromatic heterocycles. The highest BCUT2D eigenvalue weighted by molar-refractivity contribution is 6.40. The predicted molar refractivity (Wildman–Crippen MR) is 112 cm³/mol. The summed E-state index contributed by atoms with van der Waals surface area (Å²) < 4.78 is 5.13. The van der Waals surface area contributed by atoms with Crippen molar-refractivity contribution in [2.24, 2.45) is 11.8 Å². The number of ether oxygens (including phenoxy) is 1. The number of carboxylic acid groups (broad SMARTS) is 1. The van der Waals surface area contributed by atoms with Gasteiger partial charge in [0.1, 0.15) is 17.2 Å². The molecule has 1 fully saturated rings. The van der Waals surface area contributed by atoms with Gasteiger partial charge >= 0.3 is 19.2 Å². The van der Waals surface area contributed by atoms with Gasteiger partial charge in [0, 0.05) is 12.5 Å². The highest BCUT2D eigenvalue weighted by Gasteiger charge is 2.49. The largest absolute Gasteiger partial charge is 0.480 e. The summed E-state index contributed by atoms with van der Waals surface area (Å²) in [5.41, 5.74) is -1.91. The first-order valence-corrected chi connectivity index (χ1v) is 10.4. The molecular formula is C19H36BN3O7. The predicted octanol–water partition coefficient (Wildman–Crippen LogP) is 0.338. The third kappa shape index (κ3) is 7.77. The fraction of sp³-hybridized carbons (Fsp3) is 0.842. The molecule has 172 valence electrons. The third-order valence-electron chi connectivity index (χ3n) is 5.54. The van der Waals surface area contributed by atoms with Crippen molar-refractivity contribution >= 4 is 25.1 Å². The van der Waals surface area contributed by atoms with Crippen molar-refractivity contribution < 1.29 is 34.3 Å². The molecule has 0 spiro atoms. The van der Waals surface area contributed by atoms with Crippen LogP contribution in [0.25, 0.3) is 0 Å². The Kier molecular flexibility index (Phi) is 9.57. The van der Waals surface area contributed by atoms with E-state index in [0.29, 0.717) is 19.3 Å². The van der Waals surface area contributed by atoms with E-state index in [1.165, 1.54) is 6.92 Å². The van der Waals surface area contributed by atoms with Crippen molar-refractivity contribution in [3.05, 3.63) is 0 Å². The van der Waals surface area contributed by atoms with Crippen LogP contribution in [-0.4, -0.2) is 71.0 Å². The lowest BCUT2D eigenvalue weighted by Crippen LogP contribution is -2.62. The summed E-state index contributed by atoms with van der Waals surface area (Å²) in [5, 5.41) is 36.2. The molecule has 2 amide bonds. The first kappa shape index (κ1) is 26.2. The molecule has 6 N–H and O–H groups in total. The Morgan fingerprint density at radius 1 is 1.23 bits per heavy atom. The molecule has 30 heavy (non-hydrogen) atoms. The smallest absolute Gasteiger partial charge is 0.451 e. The molecule has 0 aliphatic heterocycles. The zero-order chi connectivity index (χ0) is 23.1. The lowest BCUT2D eigenvalue weighted by Gasteiger charge is -2.44. The quantitative estimate of drug-likeness (QED) is 0.287. The van der Waals surface area contributed by atoms with Crippen LogP contribution in [0.4, 0.5) is 4.79 Å². The molecule has 0 heterocycles. The van der Waals surface area contributed by atoms with E-state index < -0.39 is 42.3 Å². The molecule has 1 rings (SSSR count). The van der Waals surface area contributed by atoms with Crippen LogP contribution in [0.5, 0.6) is 0 Å². The molecule has 0 saturated heterocycles. The van der Waals surface area contributed by atoms with E-state index >= 15 is 0 Å². The number of likely N-dealkylation sites (N-methyl/N-ethyl adjacent to an activating group) is 1. The van der Waals surface area contributed by atoms with Crippen molar-refractivity contribution in [3.63, 3.8) is 0 Å². The summed E-state index contributed by atoms with van der Waals surface area (Å²) in [6, 6.07) is -0.837. The van der Waals surface area contributed by atoms with Crippen molar-refractivity contribution in [1.82, 2.24) is 16.0 Å². The van der Waals surface area contributed by atoms with E-state index in [4.69, 9.17) is 14.8 Å². The van der Waals surface area contributed by atoms with Gasteiger partial charge in [-0.3, -0.25) is 9.59 Å². The first-order chi connectivity index (χ1) is 13.8. The van der Waals surface area contributed by atoms with E-state index in [-0.39, 0.29) is 24.7 Å². The van der Waals surface area contributed by atoms with E-state index in [0.717, 1.165) is 6.42 Å². The third-order valence-corrected chi connectivity index (χ3v) is 5.54. The number of alkyl carbamates (subject to hydrolysis) is 1. The average molecular weight is 429 g/mol. The van der Waals surface area contributed by atoms with Crippen LogP contribution in [0, 0.1) is 11.8 Å². The van der Waals surface area contributed by atoms with Gasteiger partial charge in [-0.2, -0.15) is 0 Å². The second-order valence-electron chi connectivity index (χ2n) is 9.04. The normalized spacial score (nSPS) is 25.2. The molecule has 1 aliphatic carbocycles. The topological polar surface area (TPSA) is 157 Å². The average Bonchev–Trinajstić information content (AvgIpc) is 2.62. The summed E-state index contributed by atoms with van der Waals surface area (Å²) >= 11 is 0. The highest BCUT2D eigenvalue weighted by atomic mass is 16.6. The van der Waals surface area contributed by atoms with Gasteiger partial charge in [-0.25, -0.2) is 4.79 Å². The van der Waals surface area contributed by atoms with Crippen molar-refractivity contribution in [3.8, 4) is 0 Å². The first-order valence-electron chi connectivity index (χ1n) is 10.4. The van der Waals surface area contributed by atoms with Crippen LogP contribution in [0.2, 0.25) is 6.32 Å². The van der Waals surface area contributed by atoms with Crippen LogP contribution in [0.3, 0.4) is 0 Å². The number of amides is 2. The molecule has 10 nitrogen and oxygen atoms in total. The molecule has 0 aromatic carbocycles. The van der Waals surface area contributed by atoms with E-state index in [1.54, 1.807) is 27.8 Å². The van der Waals surface area contributed by atoms with Crippen LogP contribution >= 0.6 is 0 Å². The van der Waals surface area contributed by atoms with Crippen molar-refractivity contribution in [2.45, 2.75) is 76.9 Å². The summed E-state index contributed by atoms with van der Waals surface area (Å²) in [5.74, 6) is -1.75. The minimum Gasteiger partial charge on any atom is -0.480 e. The zero-order valence-electron chi connectivity index (χ0n) is 18.5. The molecule has 4 atom stereocenters. The number of rotatable bonds is 9. The standard InChI is InChI=1S/C19H36BN3O7/c1-12(23-17(27)30-18(2,3)4)15(24)22-11-14-7-6-13(8-9-20(28)29)10-19(14,21-5)16(25)26/h12-14,21,28-29H,6-11H2,1-5H3,(H,22,24)(H,23,27)(H,25,26)/t12-,13-,14-,19+/m0/s1. The van der Waals surface area contributed by atoms with Gasteiger partial charge in [-0.15, -0.1) is 0 Å². The van der Waals surface area contributed by atoms with Crippen LogP contribution in [0.15, 0.2) is 0 Å². The monoisotopic (exact) mass is 429 g/mol. The lowest BCUT2D eigenvalue weighted by atomic mass is 9.65. The molecule has 1 aliphatic rings. The Balaban J connectivity index is 2.70. The number of carbonyl (C=O) groups excluding carboxylic acids is 2. The minimum absolute atomic E-state index is 0.0371. The van der Waals surface area contributed by atoms with Gasteiger partial charge in [0.2, 0.25) is 5.91 Å². The fourth-order valence-electron chi connectivity index (χ4n) is 3.92. The van der Waals surface area contributed by atoms with E-state index in [1.807, 2.05) is 0 Å². The van der Waals surface area contributed by atoms with E-state index in [9.17, 15) is 19.5 Å². The zero-order valence-corrected chi connectivity index (χ0v) is 18.5. The Morgan fingerprint density at radius 3 is 2.37 bits per heavy atom. The molecule has 0 bridgehead atoms. The molecule has 0 unspecified atom stereocenters. The van der Waals surface area contributed by atoms with Gasteiger partial charge in [-0.05, 0) is 66.2 Å². The number of hydrogen-bond donors (Lipinski definition) is 6. The number of carbonyl (C=O) groups is 3. The SMILES string of the molecule is CN[C@]1(C(=O)O)C[C@H](CCB(O)O)CC[C@H]1CNC(=O)[C@H](C)NC(=O)OC(C)(C)C. The lowest BCUT2D eigenvalue weighted by molar-refractivity contribution is -0.150. The number of aliphatic carboxylic acids is 1. The van der Waals surface area contributed by atoms with Gasteiger partial charge in [-0.1, -0.05) is 6.42 Å². The van der Waals surface area contributed by atoms with Crippen LogP contribution < -0.4 is 16.0 Å². The maximum atomic E-state index is 12.4. The second-order valence-corrected chi connectivity index (χ2v) is 9.04. The Morgan fingerprint density at radius 2 is 1.87 bits per heavy atom. The Hall–Kier alpha value is -1.85. The molecular weight excluding hydrogens is 393 g/mol. The molecule has 1 saturated carbocycles. The Labute approximate surface area is 178 Å². The summed E-state index contributed by atoms with van der Waals surface area (Å²) in [6.45, 7) is 6.83. The maximum Gasteiger partial charge on any atom is 0.451 e. The number of carboxylic acids is 1. The van der Waals surface area contributed by atoms with Gasteiger partial charge in [0.05, 0.1) is 0 Å². The molecule has 11 heteroatoms. The van der Waals surface area contributed by atoms with E-state index in [2.05, 4.69) is 16.0 Å². The van der Waals surface area contributed by atoms with Gasteiger partial charge in [0.25, 0.3) is 0 Å². The summed E-state index contributed by atoms with van der Waals surface area (Å²) in [4.78, 5) is 36.3. The van der Waals surface area contributed by atoms with Crippen molar-refractivity contribution in [1.29, 1.82) is 0 Å². The molecule has 0 radical (unpaired) electrons. The van der Waals surface area contributed by atoms with Crippen LogP contribution in [0.1, 0.15) is 53.4 Å². The fourth-order valence-corrected chi connectivity index (χ4v) is 3.92. The molecule has 0 aromatic rings. The van der Waals surface area contributed by atoms with Crippen LogP contribution in [-0.2, 0) is 14.3 Å². The summed E-state index contributed by atoms with van der Waals surface area (Å²) in [7, 11) is 0.175. The van der Waals surface area contributed by atoms with Crippen molar-refractivity contribution in [2.75, 3.05) is 13.6 Å². The Bertz CT molecular complexity index is 611. The number of nitrogens with one attached hydrogen (secondary N) is 3. The maximum absolute atomic E-state index is 12.4. The highest BCUT2D eigenvalue weighted by Crippen LogP contribution is 2.39. The minimum atomic E-state index is -1.41. The van der Waals surface area contributed by atoms with Gasteiger partial charge < -0.3 is 35.8 Å². The number of hydrogen-bond acceptors (Lipinski definition) is 7. The second kappa shape index (κ2) is 11.0. The summed E-state index contributed by atoms with van der Waals surface area (Å²) in [6.07, 6.45) is 1.64. The van der Waals surface area contributed by atoms with Gasteiger partial charge in [0.15, 0.2) is 0 Å².